The number of rotatable bonds is 7. The number of carbonyl (C=O) groups is 1. The average molecular weight is 390 g/mol. The van der Waals surface area contributed by atoms with E-state index in [1.165, 1.54) is 11.1 Å². The van der Waals surface area contributed by atoms with Gasteiger partial charge in [-0.3, -0.25) is 4.79 Å². The first-order valence-electron chi connectivity index (χ1n) is 9.86. The predicted molar refractivity (Wildman–Crippen MR) is 117 cm³/mol. The number of likely N-dealkylation sites (N-methyl/N-ethyl adjacent to an activating group) is 1. The lowest BCUT2D eigenvalue weighted by atomic mass is 10.0. The summed E-state index contributed by atoms with van der Waals surface area (Å²) in [5, 5.41) is 3.09. The molecule has 3 rings (SSSR count). The van der Waals surface area contributed by atoms with E-state index in [0.29, 0.717) is 11.4 Å². The number of anilines is 1. The van der Waals surface area contributed by atoms with Crippen molar-refractivity contribution in [1.29, 1.82) is 0 Å². The monoisotopic (exact) mass is 389 g/mol. The Morgan fingerprint density at radius 1 is 0.966 bits per heavy atom. The third kappa shape index (κ3) is 5.24. The number of aryl methyl sites for hydroxylation is 2. The Morgan fingerprint density at radius 3 is 2.28 bits per heavy atom. The molecule has 3 aromatic carbocycles. The molecule has 0 fully saturated rings. The van der Waals surface area contributed by atoms with Crippen LogP contribution in [0, 0.1) is 13.8 Å². The van der Waals surface area contributed by atoms with Crippen LogP contribution in [0.2, 0.25) is 0 Å². The molecular formula is C25H29N2O2+. The normalized spacial score (nSPS) is 12.8. The molecule has 4 nitrogen and oxygen atoms in total. The minimum absolute atomic E-state index is 0.0512. The maximum Gasteiger partial charge on any atom is 0.287 e. The van der Waals surface area contributed by atoms with E-state index in [1.54, 1.807) is 7.11 Å². The molecule has 2 atom stereocenters. The van der Waals surface area contributed by atoms with Crippen LogP contribution in [0.15, 0.2) is 72.8 Å². The van der Waals surface area contributed by atoms with E-state index in [4.69, 9.17) is 4.74 Å². The van der Waals surface area contributed by atoms with Gasteiger partial charge in [-0.2, -0.15) is 0 Å². The van der Waals surface area contributed by atoms with Crippen LogP contribution in [0.4, 0.5) is 5.69 Å². The van der Waals surface area contributed by atoms with Gasteiger partial charge in [0.15, 0.2) is 6.04 Å². The molecule has 0 saturated carbocycles. The first-order chi connectivity index (χ1) is 14.0. The molecule has 150 valence electrons. The maximum absolute atomic E-state index is 13.4. The third-order valence-electron chi connectivity index (χ3n) is 5.10. The number of hydrogen-bond donors (Lipinski definition) is 2. The molecule has 0 aliphatic heterocycles. The zero-order valence-corrected chi connectivity index (χ0v) is 17.5. The molecule has 0 radical (unpaired) electrons. The van der Waals surface area contributed by atoms with E-state index in [-0.39, 0.29) is 11.9 Å². The zero-order valence-electron chi connectivity index (χ0n) is 17.5. The number of nitrogens with one attached hydrogen (secondary N) is 2. The number of ether oxygens (including phenoxy) is 1. The van der Waals surface area contributed by atoms with Crippen LogP contribution in [0.5, 0.6) is 5.75 Å². The number of amides is 1. The van der Waals surface area contributed by atoms with Gasteiger partial charge in [-0.1, -0.05) is 66.2 Å². The maximum atomic E-state index is 13.4. The Morgan fingerprint density at radius 2 is 1.62 bits per heavy atom. The summed E-state index contributed by atoms with van der Waals surface area (Å²) in [6, 6.07) is 23.9. The molecule has 3 aromatic rings. The van der Waals surface area contributed by atoms with E-state index in [2.05, 4.69) is 43.6 Å². The molecule has 1 unspecified atom stereocenters. The van der Waals surface area contributed by atoms with Crippen molar-refractivity contribution in [3.8, 4) is 5.75 Å². The molecule has 2 N–H and O–H groups in total. The topological polar surface area (TPSA) is 42.8 Å². The molecular weight excluding hydrogens is 360 g/mol. The van der Waals surface area contributed by atoms with Crippen LogP contribution < -0.4 is 15.0 Å². The van der Waals surface area contributed by atoms with Crippen LogP contribution in [0.3, 0.4) is 0 Å². The molecule has 0 aromatic heterocycles. The summed E-state index contributed by atoms with van der Waals surface area (Å²) in [5.74, 6) is 0.608. The van der Waals surface area contributed by atoms with Crippen molar-refractivity contribution >= 4 is 11.6 Å². The Bertz CT molecular complexity index is 952. The number of methoxy groups -OCH3 is 1. The molecule has 29 heavy (non-hydrogen) atoms. The standard InChI is InChI=1S/C25H28N2O2/c1-18-10-13-20(14-11-18)17-27(3)24(21-8-6-5-7-9-21)25(28)26-22-16-19(2)12-15-23(22)29-4/h5-16,24H,17H2,1-4H3,(H,26,28)/p+1/t24-/m0/s1. The van der Waals surface area contributed by atoms with Gasteiger partial charge in [0.1, 0.15) is 12.3 Å². The van der Waals surface area contributed by atoms with E-state index in [0.717, 1.165) is 22.6 Å². The fraction of sp³-hybridized carbons (Fsp3) is 0.240. The average Bonchev–Trinajstić information content (AvgIpc) is 2.71. The number of carbonyl (C=O) groups excluding carboxylic acids is 1. The first kappa shape index (κ1) is 20.6. The number of benzene rings is 3. The number of hydrogen-bond acceptors (Lipinski definition) is 2. The summed E-state index contributed by atoms with van der Waals surface area (Å²) < 4.78 is 5.43. The molecule has 0 spiro atoms. The van der Waals surface area contributed by atoms with Gasteiger partial charge in [0.25, 0.3) is 5.91 Å². The molecule has 0 aliphatic carbocycles. The summed E-state index contributed by atoms with van der Waals surface area (Å²) in [4.78, 5) is 14.5. The Balaban J connectivity index is 1.88. The van der Waals surface area contributed by atoms with Gasteiger partial charge in [0, 0.05) is 11.1 Å². The molecule has 0 heterocycles. The quantitative estimate of drug-likeness (QED) is 0.647. The van der Waals surface area contributed by atoms with Crippen molar-refractivity contribution in [3.05, 3.63) is 95.1 Å². The molecule has 4 heteroatoms. The van der Waals surface area contributed by atoms with Crippen molar-refractivity contribution < 1.29 is 14.4 Å². The lowest BCUT2D eigenvalue weighted by Crippen LogP contribution is -3.09. The van der Waals surface area contributed by atoms with Crippen molar-refractivity contribution in [1.82, 2.24) is 0 Å². The summed E-state index contributed by atoms with van der Waals surface area (Å²) in [5.41, 5.74) is 5.19. The highest BCUT2D eigenvalue weighted by Crippen LogP contribution is 2.26. The van der Waals surface area contributed by atoms with Crippen LogP contribution in [0.25, 0.3) is 0 Å². The van der Waals surface area contributed by atoms with Crippen molar-refractivity contribution in [2.24, 2.45) is 0 Å². The minimum atomic E-state index is -0.345. The fourth-order valence-electron chi connectivity index (χ4n) is 3.56. The highest BCUT2D eigenvalue weighted by Gasteiger charge is 2.29. The first-order valence-corrected chi connectivity index (χ1v) is 9.86. The highest BCUT2D eigenvalue weighted by atomic mass is 16.5. The van der Waals surface area contributed by atoms with E-state index < -0.39 is 0 Å². The minimum Gasteiger partial charge on any atom is -0.495 e. The summed E-state index contributed by atoms with van der Waals surface area (Å²) in [6.07, 6.45) is 0. The Kier molecular flexibility index (Phi) is 6.68. The second kappa shape index (κ2) is 9.39. The van der Waals surface area contributed by atoms with Crippen molar-refractivity contribution in [3.63, 3.8) is 0 Å². The Hall–Kier alpha value is -3.11. The van der Waals surface area contributed by atoms with Crippen LogP contribution >= 0.6 is 0 Å². The summed E-state index contributed by atoms with van der Waals surface area (Å²) in [6.45, 7) is 4.83. The van der Waals surface area contributed by atoms with Gasteiger partial charge in [0.05, 0.1) is 19.8 Å². The van der Waals surface area contributed by atoms with Crippen molar-refractivity contribution in [2.45, 2.75) is 26.4 Å². The highest BCUT2D eigenvalue weighted by molar-refractivity contribution is 5.96. The largest absolute Gasteiger partial charge is 0.495 e. The van der Waals surface area contributed by atoms with Gasteiger partial charge in [-0.05, 0) is 31.5 Å². The summed E-state index contributed by atoms with van der Waals surface area (Å²) >= 11 is 0. The SMILES string of the molecule is COc1ccc(C)cc1NC(=O)[C@H](c1ccccc1)[NH+](C)Cc1ccc(C)cc1. The molecule has 1 amide bonds. The van der Waals surface area contributed by atoms with E-state index in [9.17, 15) is 4.79 Å². The van der Waals surface area contributed by atoms with Gasteiger partial charge in [0.2, 0.25) is 0 Å². The third-order valence-corrected chi connectivity index (χ3v) is 5.10. The fourth-order valence-corrected chi connectivity index (χ4v) is 3.56. The van der Waals surface area contributed by atoms with Crippen LogP contribution in [-0.2, 0) is 11.3 Å². The van der Waals surface area contributed by atoms with E-state index in [1.807, 2.05) is 55.5 Å². The lowest BCUT2D eigenvalue weighted by molar-refractivity contribution is -0.915. The van der Waals surface area contributed by atoms with Gasteiger partial charge in [-0.15, -0.1) is 0 Å². The smallest absolute Gasteiger partial charge is 0.287 e. The molecule has 0 aliphatic rings. The Labute approximate surface area is 173 Å². The molecule has 0 bridgehead atoms. The second-order valence-corrected chi connectivity index (χ2v) is 7.55. The lowest BCUT2D eigenvalue weighted by Gasteiger charge is -2.25. The van der Waals surface area contributed by atoms with Crippen molar-refractivity contribution in [2.75, 3.05) is 19.5 Å². The van der Waals surface area contributed by atoms with Crippen LogP contribution in [0.1, 0.15) is 28.3 Å². The molecule has 0 saturated heterocycles. The second-order valence-electron chi connectivity index (χ2n) is 7.55. The van der Waals surface area contributed by atoms with E-state index >= 15 is 0 Å². The summed E-state index contributed by atoms with van der Waals surface area (Å²) in [7, 11) is 3.67. The van der Waals surface area contributed by atoms with Gasteiger partial charge in [-0.25, -0.2) is 0 Å². The zero-order chi connectivity index (χ0) is 20.8. The predicted octanol–water partition coefficient (Wildman–Crippen LogP) is 3.71. The van der Waals surface area contributed by atoms with Gasteiger partial charge < -0.3 is 15.0 Å². The number of quaternary nitrogens is 1. The van der Waals surface area contributed by atoms with Crippen LogP contribution in [-0.4, -0.2) is 20.1 Å². The van der Waals surface area contributed by atoms with Gasteiger partial charge >= 0.3 is 0 Å².